The molecule has 0 aliphatic rings. The SMILES string of the molecule is Clc1ccc2ccccc2c1/C=C/c1nc2ccccc2s1. The van der Waals surface area contributed by atoms with Crippen molar-refractivity contribution in [2.24, 2.45) is 0 Å². The van der Waals surface area contributed by atoms with Crippen molar-refractivity contribution in [1.82, 2.24) is 4.98 Å². The molecule has 4 aromatic rings. The van der Waals surface area contributed by atoms with Crippen LogP contribution in [0.4, 0.5) is 0 Å². The van der Waals surface area contributed by atoms with Crippen molar-refractivity contribution in [3.63, 3.8) is 0 Å². The smallest absolute Gasteiger partial charge is 0.117 e. The molecule has 0 saturated heterocycles. The maximum absolute atomic E-state index is 6.38. The fourth-order valence-corrected chi connectivity index (χ4v) is 3.65. The molecule has 0 unspecified atom stereocenters. The average Bonchev–Trinajstić information content (AvgIpc) is 2.97. The molecule has 0 spiro atoms. The first-order chi connectivity index (χ1) is 10.8. The predicted molar refractivity (Wildman–Crippen MR) is 97.5 cm³/mol. The standard InChI is InChI=1S/C19H12ClNS/c20-16-11-9-13-5-1-2-6-14(13)15(16)10-12-19-21-17-7-3-4-8-18(17)22-19/h1-12H/b12-10+. The normalized spacial score (nSPS) is 11.7. The average molecular weight is 322 g/mol. The Labute approximate surface area is 137 Å². The Balaban J connectivity index is 1.81. The Morgan fingerprint density at radius 2 is 1.68 bits per heavy atom. The lowest BCUT2D eigenvalue weighted by Gasteiger charge is -2.04. The molecule has 3 aromatic carbocycles. The Hall–Kier alpha value is -2.16. The van der Waals surface area contributed by atoms with Crippen LogP contribution in [0.1, 0.15) is 10.6 Å². The molecule has 3 heteroatoms. The van der Waals surface area contributed by atoms with Gasteiger partial charge in [-0.3, -0.25) is 0 Å². The Bertz CT molecular complexity index is 968. The Morgan fingerprint density at radius 3 is 2.59 bits per heavy atom. The first kappa shape index (κ1) is 13.5. The molecule has 106 valence electrons. The minimum Gasteiger partial charge on any atom is -0.237 e. The molecule has 0 radical (unpaired) electrons. The van der Waals surface area contributed by atoms with E-state index in [9.17, 15) is 0 Å². The molecular formula is C19H12ClNS. The highest BCUT2D eigenvalue weighted by Gasteiger charge is 2.04. The number of para-hydroxylation sites is 1. The summed E-state index contributed by atoms with van der Waals surface area (Å²) in [4.78, 5) is 4.63. The molecule has 1 heterocycles. The van der Waals surface area contributed by atoms with E-state index in [-0.39, 0.29) is 0 Å². The van der Waals surface area contributed by atoms with E-state index >= 15 is 0 Å². The van der Waals surface area contributed by atoms with Gasteiger partial charge in [0.05, 0.1) is 10.2 Å². The number of hydrogen-bond donors (Lipinski definition) is 0. The fraction of sp³-hybridized carbons (Fsp3) is 0. The Morgan fingerprint density at radius 1 is 0.864 bits per heavy atom. The van der Waals surface area contributed by atoms with Crippen molar-refractivity contribution >= 4 is 56.1 Å². The van der Waals surface area contributed by atoms with Crippen LogP contribution in [0.5, 0.6) is 0 Å². The maximum atomic E-state index is 6.38. The number of fused-ring (bicyclic) bond motifs is 2. The molecule has 22 heavy (non-hydrogen) atoms. The molecule has 0 N–H and O–H groups in total. The molecule has 0 bridgehead atoms. The second-order valence-corrected chi connectivity index (χ2v) is 6.50. The van der Waals surface area contributed by atoms with Crippen molar-refractivity contribution in [2.75, 3.05) is 0 Å². The van der Waals surface area contributed by atoms with E-state index in [2.05, 4.69) is 29.3 Å². The van der Waals surface area contributed by atoms with E-state index in [0.717, 1.165) is 26.5 Å². The molecule has 0 aliphatic heterocycles. The van der Waals surface area contributed by atoms with Crippen LogP contribution in [-0.2, 0) is 0 Å². The largest absolute Gasteiger partial charge is 0.237 e. The highest BCUT2D eigenvalue weighted by Crippen LogP contribution is 2.29. The van der Waals surface area contributed by atoms with E-state index in [0.29, 0.717) is 0 Å². The van der Waals surface area contributed by atoms with Gasteiger partial charge in [-0.25, -0.2) is 4.98 Å². The van der Waals surface area contributed by atoms with Crippen LogP contribution < -0.4 is 0 Å². The number of thiazole rings is 1. The molecule has 0 amide bonds. The van der Waals surface area contributed by atoms with Crippen molar-refractivity contribution in [3.8, 4) is 0 Å². The van der Waals surface area contributed by atoms with Crippen molar-refractivity contribution in [2.45, 2.75) is 0 Å². The van der Waals surface area contributed by atoms with Crippen molar-refractivity contribution in [3.05, 3.63) is 76.3 Å². The second-order valence-electron chi connectivity index (χ2n) is 5.04. The maximum Gasteiger partial charge on any atom is 0.117 e. The lowest BCUT2D eigenvalue weighted by Crippen LogP contribution is -1.80. The lowest BCUT2D eigenvalue weighted by molar-refractivity contribution is 1.46. The quantitative estimate of drug-likeness (QED) is 0.424. The first-order valence-corrected chi connectivity index (χ1v) is 8.21. The monoisotopic (exact) mass is 321 g/mol. The van der Waals surface area contributed by atoms with E-state index in [1.165, 1.54) is 10.1 Å². The molecule has 0 fully saturated rings. The van der Waals surface area contributed by atoms with Crippen LogP contribution in [0.3, 0.4) is 0 Å². The second kappa shape index (κ2) is 5.56. The van der Waals surface area contributed by atoms with Crippen LogP contribution in [0, 0.1) is 0 Å². The highest BCUT2D eigenvalue weighted by molar-refractivity contribution is 7.19. The third-order valence-corrected chi connectivity index (χ3v) is 4.95. The van der Waals surface area contributed by atoms with E-state index in [1.54, 1.807) is 11.3 Å². The van der Waals surface area contributed by atoms with Crippen molar-refractivity contribution < 1.29 is 0 Å². The van der Waals surface area contributed by atoms with Gasteiger partial charge in [0.1, 0.15) is 5.01 Å². The number of rotatable bonds is 2. The van der Waals surface area contributed by atoms with Gasteiger partial charge in [0.25, 0.3) is 0 Å². The van der Waals surface area contributed by atoms with Gasteiger partial charge in [0, 0.05) is 10.6 Å². The zero-order chi connectivity index (χ0) is 14.9. The summed E-state index contributed by atoms with van der Waals surface area (Å²) in [5, 5.41) is 4.10. The molecule has 1 nitrogen and oxygen atoms in total. The summed E-state index contributed by atoms with van der Waals surface area (Å²) >= 11 is 8.07. The number of benzene rings is 3. The molecule has 0 saturated carbocycles. The molecule has 1 aromatic heterocycles. The first-order valence-electron chi connectivity index (χ1n) is 7.02. The third-order valence-electron chi connectivity index (χ3n) is 3.62. The van der Waals surface area contributed by atoms with Crippen LogP contribution >= 0.6 is 22.9 Å². The minimum absolute atomic E-state index is 0.760. The predicted octanol–water partition coefficient (Wildman–Crippen LogP) is 6.27. The van der Waals surface area contributed by atoms with Gasteiger partial charge in [0.15, 0.2) is 0 Å². The van der Waals surface area contributed by atoms with Crippen LogP contribution in [0.15, 0.2) is 60.7 Å². The highest BCUT2D eigenvalue weighted by atomic mass is 35.5. The molecule has 4 rings (SSSR count). The van der Waals surface area contributed by atoms with Gasteiger partial charge < -0.3 is 0 Å². The van der Waals surface area contributed by atoms with Gasteiger partial charge in [-0.2, -0.15) is 0 Å². The van der Waals surface area contributed by atoms with E-state index in [4.69, 9.17) is 11.6 Å². The van der Waals surface area contributed by atoms with Gasteiger partial charge in [-0.15, -0.1) is 11.3 Å². The summed E-state index contributed by atoms with van der Waals surface area (Å²) in [6.07, 6.45) is 4.10. The minimum atomic E-state index is 0.760. The third kappa shape index (κ3) is 2.41. The number of hydrogen-bond acceptors (Lipinski definition) is 2. The zero-order valence-electron chi connectivity index (χ0n) is 11.7. The van der Waals surface area contributed by atoms with Gasteiger partial charge >= 0.3 is 0 Å². The molecular weight excluding hydrogens is 310 g/mol. The number of aromatic nitrogens is 1. The molecule has 0 atom stereocenters. The Kier molecular flexibility index (Phi) is 3.41. The topological polar surface area (TPSA) is 12.9 Å². The van der Waals surface area contributed by atoms with Gasteiger partial charge in [0.2, 0.25) is 0 Å². The summed E-state index contributed by atoms with van der Waals surface area (Å²) in [6, 6.07) is 20.4. The summed E-state index contributed by atoms with van der Waals surface area (Å²) in [5.74, 6) is 0. The summed E-state index contributed by atoms with van der Waals surface area (Å²) in [5.41, 5.74) is 2.08. The number of halogens is 1. The summed E-state index contributed by atoms with van der Waals surface area (Å²) < 4.78 is 1.20. The zero-order valence-corrected chi connectivity index (χ0v) is 13.2. The number of nitrogens with zero attached hydrogens (tertiary/aromatic N) is 1. The molecule has 0 aliphatic carbocycles. The van der Waals surface area contributed by atoms with Crippen LogP contribution in [-0.4, -0.2) is 4.98 Å². The summed E-state index contributed by atoms with van der Waals surface area (Å²) in [7, 11) is 0. The van der Waals surface area contributed by atoms with Gasteiger partial charge in [-0.1, -0.05) is 54.1 Å². The van der Waals surface area contributed by atoms with E-state index in [1.807, 2.05) is 48.5 Å². The van der Waals surface area contributed by atoms with E-state index < -0.39 is 0 Å². The fourth-order valence-electron chi connectivity index (χ4n) is 2.55. The summed E-state index contributed by atoms with van der Waals surface area (Å²) in [6.45, 7) is 0. The van der Waals surface area contributed by atoms with Crippen LogP contribution in [0.2, 0.25) is 5.02 Å². The van der Waals surface area contributed by atoms with Crippen LogP contribution in [0.25, 0.3) is 33.1 Å². The lowest BCUT2D eigenvalue weighted by atomic mass is 10.0. The van der Waals surface area contributed by atoms with Crippen molar-refractivity contribution in [1.29, 1.82) is 0 Å². The van der Waals surface area contributed by atoms with Gasteiger partial charge in [-0.05, 0) is 41.1 Å².